The van der Waals surface area contributed by atoms with Crippen LogP contribution in [0.2, 0.25) is 0 Å². The third kappa shape index (κ3) is 2.68. The molecule has 1 saturated carbocycles. The number of hydrogen-bond acceptors (Lipinski definition) is 1. The van der Waals surface area contributed by atoms with Gasteiger partial charge in [0, 0.05) is 0 Å². The summed E-state index contributed by atoms with van der Waals surface area (Å²) in [6.45, 7) is 2.06. The van der Waals surface area contributed by atoms with Crippen LogP contribution in [0.4, 0.5) is 0 Å². The maximum atomic E-state index is 11.8. The first kappa shape index (κ1) is 12.2. The van der Waals surface area contributed by atoms with Crippen LogP contribution in [0.5, 0.6) is 0 Å². The van der Waals surface area contributed by atoms with Gasteiger partial charge in [0.15, 0.2) is 0 Å². The molecule has 0 bridgehead atoms. The van der Waals surface area contributed by atoms with Gasteiger partial charge in [-0.15, -0.1) is 0 Å². The normalized spacial score (nSPS) is 18.9. The molecule has 2 nitrogen and oxygen atoms in total. The molecular weight excluding hydrogens is 210 g/mol. The van der Waals surface area contributed by atoms with Gasteiger partial charge in [-0.25, -0.2) is 0 Å². The topological polar surface area (TPSA) is 43.1 Å². The van der Waals surface area contributed by atoms with E-state index in [1.807, 2.05) is 12.1 Å². The van der Waals surface area contributed by atoms with E-state index in [1.54, 1.807) is 0 Å². The van der Waals surface area contributed by atoms with Gasteiger partial charge in [0.05, 0.1) is 5.92 Å². The highest BCUT2D eigenvalue weighted by molar-refractivity contribution is 5.82. The van der Waals surface area contributed by atoms with E-state index in [-0.39, 0.29) is 11.8 Å². The average molecular weight is 231 g/mol. The quantitative estimate of drug-likeness (QED) is 0.853. The lowest BCUT2D eigenvalue weighted by Crippen LogP contribution is -2.29. The van der Waals surface area contributed by atoms with E-state index in [0.717, 1.165) is 18.4 Å². The molecule has 1 fully saturated rings. The summed E-state index contributed by atoms with van der Waals surface area (Å²) >= 11 is 0. The number of nitrogens with two attached hydrogens (primary N) is 1. The fourth-order valence-corrected chi connectivity index (χ4v) is 3.04. The molecule has 0 spiro atoms. The molecule has 92 valence electrons. The number of amides is 1. The zero-order valence-electron chi connectivity index (χ0n) is 10.5. The van der Waals surface area contributed by atoms with E-state index in [9.17, 15) is 4.79 Å². The predicted molar refractivity (Wildman–Crippen MR) is 69.7 cm³/mol. The monoisotopic (exact) mass is 231 g/mol. The number of aryl methyl sites for hydroxylation is 1. The Bertz CT molecular complexity index is 394. The molecule has 1 aliphatic rings. The van der Waals surface area contributed by atoms with Gasteiger partial charge in [-0.2, -0.15) is 0 Å². The molecule has 2 N–H and O–H groups in total. The zero-order chi connectivity index (χ0) is 12.3. The number of carbonyl (C=O) groups is 1. The van der Waals surface area contributed by atoms with E-state index in [0.29, 0.717) is 5.92 Å². The lowest BCUT2D eigenvalue weighted by Gasteiger charge is -2.29. The Morgan fingerprint density at radius 3 is 2.47 bits per heavy atom. The summed E-state index contributed by atoms with van der Waals surface area (Å²) < 4.78 is 0. The summed E-state index contributed by atoms with van der Waals surface area (Å²) in [5.74, 6) is 0.199. The number of rotatable bonds is 3. The molecule has 0 saturated heterocycles. The van der Waals surface area contributed by atoms with Gasteiger partial charge in [-0.3, -0.25) is 4.79 Å². The summed E-state index contributed by atoms with van der Waals surface area (Å²) in [5, 5.41) is 0. The number of carbonyl (C=O) groups excluding carboxylic acids is 1. The first-order valence-electron chi connectivity index (χ1n) is 6.55. The van der Waals surface area contributed by atoms with Crippen molar-refractivity contribution in [1.82, 2.24) is 0 Å². The van der Waals surface area contributed by atoms with Crippen LogP contribution < -0.4 is 5.73 Å². The largest absolute Gasteiger partial charge is 0.369 e. The summed E-state index contributed by atoms with van der Waals surface area (Å²) in [5.41, 5.74) is 7.94. The second-order valence-electron chi connectivity index (χ2n) is 5.13. The van der Waals surface area contributed by atoms with Crippen molar-refractivity contribution >= 4 is 5.91 Å². The van der Waals surface area contributed by atoms with Gasteiger partial charge in [-0.1, -0.05) is 43.5 Å². The van der Waals surface area contributed by atoms with E-state index in [2.05, 4.69) is 19.1 Å². The van der Waals surface area contributed by atoms with Crippen LogP contribution in [0.25, 0.3) is 0 Å². The Morgan fingerprint density at radius 1 is 1.24 bits per heavy atom. The Hall–Kier alpha value is -1.31. The van der Waals surface area contributed by atoms with Crippen molar-refractivity contribution < 1.29 is 4.79 Å². The second-order valence-corrected chi connectivity index (χ2v) is 5.13. The Labute approximate surface area is 103 Å². The maximum Gasteiger partial charge on any atom is 0.225 e. The Morgan fingerprint density at radius 2 is 1.88 bits per heavy atom. The van der Waals surface area contributed by atoms with Crippen LogP contribution in [0.3, 0.4) is 0 Å². The van der Waals surface area contributed by atoms with Gasteiger partial charge in [0.1, 0.15) is 0 Å². The molecule has 0 aromatic heterocycles. The van der Waals surface area contributed by atoms with E-state index >= 15 is 0 Å². The summed E-state index contributed by atoms with van der Waals surface area (Å²) in [4.78, 5) is 11.8. The van der Waals surface area contributed by atoms with Gasteiger partial charge in [-0.05, 0) is 36.8 Å². The molecule has 1 aliphatic carbocycles. The first-order chi connectivity index (χ1) is 8.20. The van der Waals surface area contributed by atoms with Gasteiger partial charge in [0.25, 0.3) is 0 Å². The van der Waals surface area contributed by atoms with Gasteiger partial charge >= 0.3 is 0 Å². The maximum absolute atomic E-state index is 11.8. The summed E-state index contributed by atoms with van der Waals surface area (Å²) in [6, 6.07) is 8.13. The number of primary amides is 1. The summed E-state index contributed by atoms with van der Waals surface area (Å²) in [7, 11) is 0. The third-order valence-corrected chi connectivity index (χ3v) is 3.95. The van der Waals surface area contributed by atoms with E-state index < -0.39 is 0 Å². The molecule has 1 atom stereocenters. The smallest absolute Gasteiger partial charge is 0.225 e. The molecular formula is C15H21NO. The minimum Gasteiger partial charge on any atom is -0.369 e. The van der Waals surface area contributed by atoms with Crippen molar-refractivity contribution in [2.75, 3.05) is 0 Å². The average Bonchev–Trinajstić information content (AvgIpc) is 2.33. The molecule has 17 heavy (non-hydrogen) atoms. The second kappa shape index (κ2) is 5.35. The molecule has 2 rings (SSSR count). The highest BCUT2D eigenvalue weighted by Gasteiger charge is 2.30. The van der Waals surface area contributed by atoms with Crippen molar-refractivity contribution in [3.63, 3.8) is 0 Å². The standard InChI is InChI=1S/C15H21NO/c1-11-7-5-6-10-13(11)14(15(16)17)12-8-3-2-4-9-12/h5-7,10,12,14H,2-4,8-9H2,1H3,(H2,16,17). The highest BCUT2D eigenvalue weighted by atomic mass is 16.1. The van der Waals surface area contributed by atoms with Crippen LogP contribution in [0, 0.1) is 12.8 Å². The third-order valence-electron chi connectivity index (χ3n) is 3.95. The lowest BCUT2D eigenvalue weighted by atomic mass is 9.75. The van der Waals surface area contributed by atoms with Crippen LogP contribution in [0.15, 0.2) is 24.3 Å². The summed E-state index contributed by atoms with van der Waals surface area (Å²) in [6.07, 6.45) is 6.06. The molecule has 0 heterocycles. The van der Waals surface area contributed by atoms with Crippen molar-refractivity contribution in [1.29, 1.82) is 0 Å². The number of hydrogen-bond donors (Lipinski definition) is 1. The van der Waals surface area contributed by atoms with Crippen LogP contribution in [0.1, 0.15) is 49.1 Å². The zero-order valence-corrected chi connectivity index (χ0v) is 10.5. The van der Waals surface area contributed by atoms with E-state index in [4.69, 9.17) is 5.73 Å². The number of benzene rings is 1. The van der Waals surface area contributed by atoms with Gasteiger partial charge < -0.3 is 5.73 Å². The molecule has 1 unspecified atom stereocenters. The molecule has 1 aromatic carbocycles. The van der Waals surface area contributed by atoms with Crippen LogP contribution in [-0.2, 0) is 4.79 Å². The molecule has 0 radical (unpaired) electrons. The minimum absolute atomic E-state index is 0.0866. The molecule has 2 heteroatoms. The molecule has 1 amide bonds. The van der Waals surface area contributed by atoms with Gasteiger partial charge in [0.2, 0.25) is 5.91 Å². The minimum atomic E-state index is -0.161. The Balaban J connectivity index is 2.28. The van der Waals surface area contributed by atoms with Crippen molar-refractivity contribution in [2.24, 2.45) is 11.7 Å². The first-order valence-corrected chi connectivity index (χ1v) is 6.55. The van der Waals surface area contributed by atoms with E-state index in [1.165, 1.54) is 24.8 Å². The fourth-order valence-electron chi connectivity index (χ4n) is 3.04. The van der Waals surface area contributed by atoms with Crippen LogP contribution >= 0.6 is 0 Å². The predicted octanol–water partition coefficient (Wildman–Crippen LogP) is 3.14. The SMILES string of the molecule is Cc1ccccc1C(C(N)=O)C1CCCCC1. The molecule has 1 aromatic rings. The van der Waals surface area contributed by atoms with Crippen molar-refractivity contribution in [3.05, 3.63) is 35.4 Å². The van der Waals surface area contributed by atoms with Crippen LogP contribution in [-0.4, -0.2) is 5.91 Å². The van der Waals surface area contributed by atoms with Crippen molar-refractivity contribution in [2.45, 2.75) is 44.9 Å². The Kier molecular flexibility index (Phi) is 3.82. The lowest BCUT2D eigenvalue weighted by molar-refractivity contribution is -0.120. The highest BCUT2D eigenvalue weighted by Crippen LogP contribution is 2.36. The fraction of sp³-hybridized carbons (Fsp3) is 0.533. The molecule has 0 aliphatic heterocycles. The van der Waals surface area contributed by atoms with Crippen molar-refractivity contribution in [3.8, 4) is 0 Å².